The molecule has 0 aliphatic carbocycles. The van der Waals surface area contributed by atoms with Crippen LogP contribution in [0.4, 0.5) is 9.18 Å². The van der Waals surface area contributed by atoms with Crippen molar-refractivity contribution in [2.45, 2.75) is 38.8 Å². The van der Waals surface area contributed by atoms with E-state index in [2.05, 4.69) is 10.6 Å². The average Bonchev–Trinajstić information content (AvgIpc) is 2.83. The number of hydrogen-bond acceptors (Lipinski definition) is 7. The lowest BCUT2D eigenvalue weighted by molar-refractivity contribution is -0.117. The Labute approximate surface area is 195 Å². The van der Waals surface area contributed by atoms with Gasteiger partial charge >= 0.3 is 6.09 Å². The highest BCUT2D eigenvalue weighted by atomic mass is 35.5. The van der Waals surface area contributed by atoms with Crippen molar-refractivity contribution in [3.8, 4) is 6.07 Å². The molecule has 1 aromatic carbocycles. The van der Waals surface area contributed by atoms with Gasteiger partial charge in [-0.15, -0.1) is 0 Å². The summed E-state index contributed by atoms with van der Waals surface area (Å²) in [6, 6.07) is 6.74. The number of ketones is 1. The number of rotatable bonds is 3. The zero-order valence-corrected chi connectivity index (χ0v) is 19.6. The first-order valence-electron chi connectivity index (χ1n) is 9.84. The van der Waals surface area contributed by atoms with Gasteiger partial charge in [0.25, 0.3) is 0 Å². The van der Waals surface area contributed by atoms with Crippen molar-refractivity contribution in [2.24, 2.45) is 0 Å². The maximum absolute atomic E-state index is 14.6. The van der Waals surface area contributed by atoms with Gasteiger partial charge in [-0.25, -0.2) is 13.2 Å². The summed E-state index contributed by atoms with van der Waals surface area (Å²) < 4.78 is 45.7. The van der Waals surface area contributed by atoms with Crippen LogP contribution < -0.4 is 10.6 Å². The number of benzene rings is 1. The lowest BCUT2D eigenvalue weighted by Gasteiger charge is -2.28. The Hall–Kier alpha value is -3.16. The Morgan fingerprint density at radius 1 is 1.33 bits per heavy atom. The summed E-state index contributed by atoms with van der Waals surface area (Å²) in [7, 11) is -4.24. The maximum Gasteiger partial charge on any atom is 0.408 e. The second-order valence-electron chi connectivity index (χ2n) is 8.49. The average molecular weight is 494 g/mol. The molecule has 2 aliphatic rings. The van der Waals surface area contributed by atoms with Crippen LogP contribution in [0.25, 0.3) is 0 Å². The SMILES string of the molecule is CC(C)(C)OC(=O)N[C@H]1CS(=O)(=O)C2=C(C1=O)C(Cc1ccc(Cl)cc1)=CC(C#N)=C(F)N2. The van der Waals surface area contributed by atoms with E-state index in [0.29, 0.717) is 10.6 Å². The number of Topliss-reactive ketones (excluding diaryl/α,β-unsaturated/α-hetero) is 1. The molecule has 33 heavy (non-hydrogen) atoms. The van der Waals surface area contributed by atoms with E-state index in [1.54, 1.807) is 51.1 Å². The molecule has 0 fully saturated rings. The van der Waals surface area contributed by atoms with Crippen LogP contribution in [-0.2, 0) is 25.8 Å². The highest BCUT2D eigenvalue weighted by Gasteiger charge is 2.43. The number of halogens is 2. The van der Waals surface area contributed by atoms with Gasteiger partial charge in [-0.1, -0.05) is 23.7 Å². The fraction of sp³-hybridized carbons (Fsp3) is 0.318. The first-order valence-corrected chi connectivity index (χ1v) is 11.9. The van der Waals surface area contributed by atoms with Crippen molar-refractivity contribution in [3.63, 3.8) is 0 Å². The Kier molecular flexibility index (Phi) is 6.68. The number of nitrogens with one attached hydrogen (secondary N) is 2. The van der Waals surface area contributed by atoms with Crippen LogP contribution in [0.1, 0.15) is 26.3 Å². The quantitative estimate of drug-likeness (QED) is 0.619. The molecule has 2 N–H and O–H groups in total. The van der Waals surface area contributed by atoms with E-state index in [9.17, 15) is 27.7 Å². The number of alkyl carbamates (subject to hydrolysis) is 1. The molecule has 0 unspecified atom stereocenters. The van der Waals surface area contributed by atoms with Crippen molar-refractivity contribution in [1.29, 1.82) is 5.26 Å². The Morgan fingerprint density at radius 2 is 1.97 bits per heavy atom. The van der Waals surface area contributed by atoms with Gasteiger partial charge in [0.15, 0.2) is 15.6 Å². The Morgan fingerprint density at radius 3 is 2.55 bits per heavy atom. The lowest BCUT2D eigenvalue weighted by Crippen LogP contribution is -2.51. The third kappa shape index (κ3) is 5.61. The number of sulfone groups is 1. The molecule has 1 amide bonds. The number of ether oxygens (including phenoxy) is 1. The van der Waals surface area contributed by atoms with E-state index in [0.717, 1.165) is 6.08 Å². The molecular weight excluding hydrogens is 473 g/mol. The van der Waals surface area contributed by atoms with E-state index in [1.165, 1.54) is 0 Å². The topological polar surface area (TPSA) is 125 Å². The third-order valence-electron chi connectivity index (χ3n) is 4.71. The number of nitriles is 1. The molecule has 0 saturated heterocycles. The van der Waals surface area contributed by atoms with Gasteiger partial charge in [-0.2, -0.15) is 9.65 Å². The molecule has 1 atom stereocenters. The number of nitrogens with zero attached hydrogens (tertiary/aromatic N) is 1. The molecule has 2 aliphatic heterocycles. The molecule has 8 nitrogen and oxygen atoms in total. The van der Waals surface area contributed by atoms with Gasteiger partial charge in [-0.3, -0.25) is 4.79 Å². The Balaban J connectivity index is 2.08. The van der Waals surface area contributed by atoms with Crippen LogP contribution in [0.5, 0.6) is 0 Å². The van der Waals surface area contributed by atoms with Crippen molar-refractivity contribution in [2.75, 3.05) is 5.75 Å². The smallest absolute Gasteiger partial charge is 0.408 e. The summed E-state index contributed by atoms with van der Waals surface area (Å²) in [6.45, 7) is 4.85. The minimum atomic E-state index is -4.24. The van der Waals surface area contributed by atoms with Crippen LogP contribution in [0.2, 0.25) is 5.02 Å². The number of amides is 1. The minimum absolute atomic E-state index is 0.0105. The molecule has 0 bridgehead atoms. The number of carbonyl (C=O) groups is 2. The first kappa shape index (κ1) is 24.5. The Bertz CT molecular complexity index is 1250. The van der Waals surface area contributed by atoms with Crippen molar-refractivity contribution in [1.82, 2.24) is 10.6 Å². The second-order valence-corrected chi connectivity index (χ2v) is 10.9. The number of carbonyl (C=O) groups excluding carboxylic acids is 2. The third-order valence-corrected chi connectivity index (χ3v) is 6.66. The van der Waals surface area contributed by atoms with E-state index in [-0.39, 0.29) is 17.6 Å². The standard InChI is InChI=1S/C22H21ClFN3O5S/c1-22(2,3)32-21(29)26-16-11-33(30,31)20-17(18(16)28)13(9-14(10-25)19(24)27-20)8-12-4-6-15(23)7-5-12/h4-7,9,16,27H,8,11H2,1-3H3,(H,26,29)/t16-/m0/s1. The van der Waals surface area contributed by atoms with Crippen LogP contribution >= 0.6 is 11.6 Å². The van der Waals surface area contributed by atoms with Crippen molar-refractivity contribution >= 4 is 33.3 Å². The fourth-order valence-corrected chi connectivity index (χ4v) is 5.10. The summed E-state index contributed by atoms with van der Waals surface area (Å²) in [4.78, 5) is 25.6. The molecule has 0 saturated carbocycles. The van der Waals surface area contributed by atoms with Gasteiger partial charge in [-0.05, 0) is 56.5 Å². The largest absolute Gasteiger partial charge is 0.444 e. The van der Waals surface area contributed by atoms with Crippen molar-refractivity contribution in [3.05, 3.63) is 68.6 Å². The molecule has 11 heteroatoms. The second kappa shape index (κ2) is 9.00. The normalized spacial score (nSPS) is 20.2. The number of hydrogen-bond donors (Lipinski definition) is 2. The van der Waals surface area contributed by atoms with E-state index < -0.39 is 55.7 Å². The van der Waals surface area contributed by atoms with E-state index in [1.807, 2.05) is 0 Å². The molecule has 1 aromatic rings. The summed E-state index contributed by atoms with van der Waals surface area (Å²) in [5.41, 5.74) is -0.910. The summed E-state index contributed by atoms with van der Waals surface area (Å²) in [5, 5.41) is 13.5. The van der Waals surface area contributed by atoms with E-state index in [4.69, 9.17) is 16.3 Å². The lowest BCUT2D eigenvalue weighted by atomic mass is 9.92. The highest BCUT2D eigenvalue weighted by Crippen LogP contribution is 2.33. The summed E-state index contributed by atoms with van der Waals surface area (Å²) in [6.07, 6.45) is 0.172. The molecule has 2 heterocycles. The van der Waals surface area contributed by atoms with Crippen LogP contribution in [0, 0.1) is 11.3 Å². The fourth-order valence-electron chi connectivity index (χ4n) is 3.34. The maximum atomic E-state index is 14.6. The van der Waals surface area contributed by atoms with Gasteiger partial charge in [0.1, 0.15) is 28.3 Å². The van der Waals surface area contributed by atoms with Crippen LogP contribution in [-0.4, -0.2) is 37.7 Å². The van der Waals surface area contributed by atoms with Gasteiger partial charge in [0.05, 0.1) is 11.3 Å². The molecule has 174 valence electrons. The van der Waals surface area contributed by atoms with Gasteiger partial charge < -0.3 is 15.4 Å². The predicted octanol–water partition coefficient (Wildman–Crippen LogP) is 3.22. The van der Waals surface area contributed by atoms with Gasteiger partial charge in [0.2, 0.25) is 5.95 Å². The minimum Gasteiger partial charge on any atom is -0.444 e. The molecule has 0 aromatic heterocycles. The predicted molar refractivity (Wildman–Crippen MR) is 119 cm³/mol. The molecule has 3 rings (SSSR count). The summed E-state index contributed by atoms with van der Waals surface area (Å²) in [5.74, 6) is -2.73. The first-order chi connectivity index (χ1) is 15.3. The van der Waals surface area contributed by atoms with Crippen LogP contribution in [0.3, 0.4) is 0 Å². The molecule has 0 radical (unpaired) electrons. The molecule has 0 spiro atoms. The zero-order valence-electron chi connectivity index (χ0n) is 18.0. The van der Waals surface area contributed by atoms with Crippen molar-refractivity contribution < 1.29 is 27.1 Å². The molecular formula is C22H21ClFN3O5S. The van der Waals surface area contributed by atoms with Gasteiger partial charge in [0, 0.05) is 5.02 Å². The summed E-state index contributed by atoms with van der Waals surface area (Å²) >= 11 is 5.91. The monoisotopic (exact) mass is 493 g/mol. The zero-order chi connectivity index (χ0) is 24.6. The highest BCUT2D eigenvalue weighted by molar-refractivity contribution is 7.95. The number of allylic oxidation sites excluding steroid dienone is 3. The van der Waals surface area contributed by atoms with E-state index >= 15 is 0 Å². The van der Waals surface area contributed by atoms with Crippen LogP contribution in [0.15, 0.2) is 58.0 Å².